The molecule has 23 heavy (non-hydrogen) atoms. The second-order valence-corrected chi connectivity index (χ2v) is 5.23. The summed E-state index contributed by atoms with van der Waals surface area (Å²) in [6, 6.07) is 11.5. The smallest absolute Gasteiger partial charge is 0.416 e. The Morgan fingerprint density at radius 3 is 2.57 bits per heavy atom. The number of nitrogens with zero attached hydrogens (tertiary/aromatic N) is 1. The average molecular weight is 318 g/mol. The van der Waals surface area contributed by atoms with E-state index in [-0.39, 0.29) is 5.75 Å². The third-order valence-corrected chi connectivity index (χ3v) is 3.46. The summed E-state index contributed by atoms with van der Waals surface area (Å²) in [6.45, 7) is 1.87. The lowest BCUT2D eigenvalue weighted by molar-refractivity contribution is -0.137. The minimum atomic E-state index is -4.39. The maximum atomic E-state index is 12.8. The lowest BCUT2D eigenvalue weighted by atomic mass is 10.1. The molecule has 0 fully saturated rings. The Bertz CT molecular complexity index is 875. The van der Waals surface area contributed by atoms with Crippen molar-refractivity contribution in [1.82, 2.24) is 4.98 Å². The normalized spacial score (nSPS) is 11.7. The number of halogens is 3. The number of nitrogens with one attached hydrogen (secondary N) is 1. The van der Waals surface area contributed by atoms with Crippen molar-refractivity contribution >= 4 is 22.4 Å². The number of aromatic nitrogens is 1. The summed E-state index contributed by atoms with van der Waals surface area (Å²) in [6.07, 6.45) is -4.39. The molecule has 118 valence electrons. The van der Waals surface area contributed by atoms with E-state index in [9.17, 15) is 18.3 Å². The summed E-state index contributed by atoms with van der Waals surface area (Å²) >= 11 is 0. The van der Waals surface area contributed by atoms with Gasteiger partial charge in [0.25, 0.3) is 0 Å². The summed E-state index contributed by atoms with van der Waals surface area (Å²) in [5.41, 5.74) is 1.05. The number of rotatable bonds is 2. The van der Waals surface area contributed by atoms with Gasteiger partial charge >= 0.3 is 6.18 Å². The SMILES string of the molecule is Cc1cc(Nc2cccc(C(F)(F)F)c2)nc2cc(O)ccc12. The van der Waals surface area contributed by atoms with E-state index >= 15 is 0 Å². The van der Waals surface area contributed by atoms with Gasteiger partial charge in [-0.05, 0) is 48.9 Å². The predicted octanol–water partition coefficient (Wildman–Crippen LogP) is 5.01. The highest BCUT2D eigenvalue weighted by atomic mass is 19.4. The topological polar surface area (TPSA) is 45.2 Å². The van der Waals surface area contributed by atoms with Crippen molar-refractivity contribution in [2.24, 2.45) is 0 Å². The van der Waals surface area contributed by atoms with Crippen molar-refractivity contribution in [1.29, 1.82) is 0 Å². The zero-order chi connectivity index (χ0) is 16.6. The summed E-state index contributed by atoms with van der Waals surface area (Å²) in [7, 11) is 0. The Balaban J connectivity index is 1.99. The fourth-order valence-corrected chi connectivity index (χ4v) is 2.38. The Kier molecular flexibility index (Phi) is 3.60. The number of fused-ring (bicyclic) bond motifs is 1. The zero-order valence-electron chi connectivity index (χ0n) is 12.1. The van der Waals surface area contributed by atoms with E-state index < -0.39 is 11.7 Å². The molecule has 0 amide bonds. The van der Waals surface area contributed by atoms with Crippen molar-refractivity contribution < 1.29 is 18.3 Å². The number of alkyl halides is 3. The molecule has 0 bridgehead atoms. The van der Waals surface area contributed by atoms with Gasteiger partial charge in [-0.3, -0.25) is 0 Å². The van der Waals surface area contributed by atoms with Crippen LogP contribution >= 0.6 is 0 Å². The first-order chi connectivity index (χ1) is 10.8. The van der Waals surface area contributed by atoms with E-state index in [4.69, 9.17) is 0 Å². The van der Waals surface area contributed by atoms with Crippen molar-refractivity contribution in [3.05, 3.63) is 59.7 Å². The van der Waals surface area contributed by atoms with Crippen LogP contribution in [-0.2, 0) is 6.18 Å². The predicted molar refractivity (Wildman–Crippen MR) is 82.9 cm³/mol. The Morgan fingerprint density at radius 2 is 1.83 bits per heavy atom. The standard InChI is InChI=1S/C17H13F3N2O/c1-10-7-16(22-15-9-13(23)5-6-14(10)15)21-12-4-2-3-11(8-12)17(18,19)20/h2-9,23H,1H3,(H,21,22). The molecule has 2 N–H and O–H groups in total. The molecule has 0 saturated heterocycles. The summed E-state index contributed by atoms with van der Waals surface area (Å²) in [5, 5.41) is 13.3. The molecule has 0 radical (unpaired) electrons. The van der Waals surface area contributed by atoms with Gasteiger partial charge in [0.15, 0.2) is 0 Å². The van der Waals surface area contributed by atoms with Crippen LogP contribution in [-0.4, -0.2) is 10.1 Å². The van der Waals surface area contributed by atoms with Gasteiger partial charge in [0.2, 0.25) is 0 Å². The van der Waals surface area contributed by atoms with Crippen LogP contribution in [0.1, 0.15) is 11.1 Å². The largest absolute Gasteiger partial charge is 0.508 e. The van der Waals surface area contributed by atoms with Gasteiger partial charge in [0, 0.05) is 17.1 Å². The van der Waals surface area contributed by atoms with Crippen LogP contribution in [0.4, 0.5) is 24.7 Å². The molecule has 0 aliphatic heterocycles. The van der Waals surface area contributed by atoms with Gasteiger partial charge in [-0.1, -0.05) is 6.07 Å². The molecular formula is C17H13F3N2O. The van der Waals surface area contributed by atoms with Crippen LogP contribution in [0, 0.1) is 6.92 Å². The third-order valence-electron chi connectivity index (χ3n) is 3.46. The molecule has 0 unspecified atom stereocenters. The van der Waals surface area contributed by atoms with Crippen LogP contribution in [0.3, 0.4) is 0 Å². The summed E-state index contributed by atoms with van der Waals surface area (Å²) in [4.78, 5) is 4.33. The Hall–Kier alpha value is -2.76. The van der Waals surface area contributed by atoms with Gasteiger partial charge in [0.1, 0.15) is 11.6 Å². The molecule has 3 aromatic rings. The molecule has 1 aromatic heterocycles. The third kappa shape index (κ3) is 3.21. The van der Waals surface area contributed by atoms with E-state index in [2.05, 4.69) is 10.3 Å². The number of hydrogen-bond acceptors (Lipinski definition) is 3. The molecule has 2 aromatic carbocycles. The lowest BCUT2D eigenvalue weighted by Crippen LogP contribution is -2.05. The second kappa shape index (κ2) is 5.46. The fourth-order valence-electron chi connectivity index (χ4n) is 2.38. The summed E-state index contributed by atoms with van der Waals surface area (Å²) < 4.78 is 38.3. The van der Waals surface area contributed by atoms with Gasteiger partial charge in [0.05, 0.1) is 11.1 Å². The van der Waals surface area contributed by atoms with E-state index in [0.29, 0.717) is 17.0 Å². The number of benzene rings is 2. The molecule has 0 atom stereocenters. The van der Waals surface area contributed by atoms with E-state index in [1.54, 1.807) is 24.3 Å². The van der Waals surface area contributed by atoms with Crippen molar-refractivity contribution in [2.75, 3.05) is 5.32 Å². The number of phenols is 1. The fraction of sp³-hybridized carbons (Fsp3) is 0.118. The van der Waals surface area contributed by atoms with Gasteiger partial charge in [-0.25, -0.2) is 4.98 Å². The maximum Gasteiger partial charge on any atom is 0.416 e. The minimum absolute atomic E-state index is 0.0839. The highest BCUT2D eigenvalue weighted by Gasteiger charge is 2.30. The average Bonchev–Trinajstić information content (AvgIpc) is 2.46. The van der Waals surface area contributed by atoms with E-state index in [0.717, 1.165) is 23.1 Å². The number of aryl methyl sites for hydroxylation is 1. The highest BCUT2D eigenvalue weighted by molar-refractivity contribution is 5.85. The van der Waals surface area contributed by atoms with Crippen molar-refractivity contribution in [3.63, 3.8) is 0 Å². The molecule has 0 saturated carbocycles. The van der Waals surface area contributed by atoms with E-state index in [1.807, 2.05) is 6.92 Å². The second-order valence-electron chi connectivity index (χ2n) is 5.23. The molecule has 0 spiro atoms. The first kappa shape index (κ1) is 15.1. The minimum Gasteiger partial charge on any atom is -0.508 e. The molecule has 0 aliphatic rings. The Morgan fingerprint density at radius 1 is 1.04 bits per heavy atom. The lowest BCUT2D eigenvalue weighted by Gasteiger charge is -2.12. The van der Waals surface area contributed by atoms with Crippen molar-refractivity contribution in [2.45, 2.75) is 13.1 Å². The number of pyridine rings is 1. The van der Waals surface area contributed by atoms with Crippen molar-refractivity contribution in [3.8, 4) is 5.75 Å². The van der Waals surface area contributed by atoms with Gasteiger partial charge in [-0.15, -0.1) is 0 Å². The monoisotopic (exact) mass is 318 g/mol. The molecular weight excluding hydrogens is 305 g/mol. The van der Waals surface area contributed by atoms with Crippen LogP contribution in [0.2, 0.25) is 0 Å². The maximum absolute atomic E-state index is 12.8. The molecule has 0 aliphatic carbocycles. The number of phenolic OH excluding ortho intramolecular Hbond substituents is 1. The van der Waals surface area contributed by atoms with Crippen LogP contribution in [0.15, 0.2) is 48.5 Å². The molecule has 1 heterocycles. The number of anilines is 2. The summed E-state index contributed by atoms with van der Waals surface area (Å²) in [5.74, 6) is 0.501. The molecule has 3 rings (SSSR count). The highest BCUT2D eigenvalue weighted by Crippen LogP contribution is 2.32. The molecule has 3 nitrogen and oxygen atoms in total. The Labute approximate surface area is 130 Å². The number of hydrogen-bond donors (Lipinski definition) is 2. The first-order valence-electron chi connectivity index (χ1n) is 6.87. The van der Waals surface area contributed by atoms with Crippen LogP contribution in [0.25, 0.3) is 10.9 Å². The molecule has 6 heteroatoms. The van der Waals surface area contributed by atoms with E-state index in [1.165, 1.54) is 12.1 Å². The van der Waals surface area contributed by atoms with Crippen LogP contribution < -0.4 is 5.32 Å². The number of aromatic hydroxyl groups is 1. The van der Waals surface area contributed by atoms with Gasteiger partial charge in [-0.2, -0.15) is 13.2 Å². The zero-order valence-corrected chi connectivity index (χ0v) is 12.1. The van der Waals surface area contributed by atoms with Crippen LogP contribution in [0.5, 0.6) is 5.75 Å². The van der Waals surface area contributed by atoms with Gasteiger partial charge < -0.3 is 10.4 Å². The first-order valence-corrected chi connectivity index (χ1v) is 6.87. The quantitative estimate of drug-likeness (QED) is 0.698.